The quantitative estimate of drug-likeness (QED) is 0.401. The minimum Gasteiger partial charge on any atom is -0.341 e. The van der Waals surface area contributed by atoms with Gasteiger partial charge in [0.1, 0.15) is 10.8 Å². The average Bonchev–Trinajstić information content (AvgIpc) is 3.27. The third-order valence-corrected chi connectivity index (χ3v) is 5.24. The number of rotatable bonds is 6. The van der Waals surface area contributed by atoms with Crippen LogP contribution in [0.25, 0.3) is 16.5 Å². The fourth-order valence-corrected chi connectivity index (χ4v) is 3.66. The van der Waals surface area contributed by atoms with Gasteiger partial charge in [-0.05, 0) is 25.1 Å². The number of benzene rings is 1. The maximum absolute atomic E-state index is 13.1. The van der Waals surface area contributed by atoms with Gasteiger partial charge in [0, 0.05) is 39.8 Å². The Bertz CT molecular complexity index is 1040. The Morgan fingerprint density at radius 3 is 2.92 bits per heavy atom. The first-order chi connectivity index (χ1) is 12.5. The van der Waals surface area contributed by atoms with Gasteiger partial charge in [-0.1, -0.05) is 36.4 Å². The second kappa shape index (κ2) is 7.81. The molecule has 0 aliphatic heterocycles. The number of nitrogens with one attached hydrogen (secondary N) is 1. The zero-order valence-corrected chi connectivity index (χ0v) is 15.7. The largest absolute Gasteiger partial charge is 0.341 e. The van der Waals surface area contributed by atoms with E-state index in [1.807, 2.05) is 48.8 Å². The van der Waals surface area contributed by atoms with Gasteiger partial charge >= 0.3 is 0 Å². The summed E-state index contributed by atoms with van der Waals surface area (Å²) in [6, 6.07) is 7.91. The van der Waals surface area contributed by atoms with Crippen LogP contribution in [0.1, 0.15) is 23.2 Å². The highest BCUT2D eigenvalue weighted by molar-refractivity contribution is 7.10. The Kier molecular flexibility index (Phi) is 5.49. The Labute approximate surface area is 160 Å². The van der Waals surface area contributed by atoms with E-state index in [1.165, 1.54) is 23.6 Å². The molecule has 132 valence electrons. The zero-order chi connectivity index (χ0) is 18.7. The van der Waals surface area contributed by atoms with E-state index < -0.39 is 5.83 Å². The molecule has 0 spiro atoms. The normalized spacial score (nSPS) is 12.6. The number of halogens is 2. The summed E-state index contributed by atoms with van der Waals surface area (Å²) in [7, 11) is 0. The summed E-state index contributed by atoms with van der Waals surface area (Å²) in [6.45, 7) is 5.68. The number of fused-ring (bicyclic) bond motifs is 1. The fourth-order valence-electron chi connectivity index (χ4n) is 2.68. The summed E-state index contributed by atoms with van der Waals surface area (Å²) in [6.07, 6.45) is 6.74. The standard InChI is InChI=1S/C20H17ClFN3S/c1-3-14(9-18(21)13(2)22)20-24-16(12-26-20)11-25-8-7-17-15(10-23)5-4-6-19(17)25/h3-10,12,23H,2,11H2,1H3/b14-3+,18-9+,23-10?. The van der Waals surface area contributed by atoms with E-state index in [9.17, 15) is 4.39 Å². The van der Waals surface area contributed by atoms with Crippen molar-refractivity contribution < 1.29 is 4.39 Å². The van der Waals surface area contributed by atoms with Crippen molar-refractivity contribution in [2.24, 2.45) is 0 Å². The predicted molar refractivity (Wildman–Crippen MR) is 109 cm³/mol. The van der Waals surface area contributed by atoms with Crippen LogP contribution in [0, 0.1) is 5.41 Å². The Hall–Kier alpha value is -2.50. The highest BCUT2D eigenvalue weighted by atomic mass is 35.5. The molecule has 0 bridgehead atoms. The highest BCUT2D eigenvalue weighted by Crippen LogP contribution is 2.26. The smallest absolute Gasteiger partial charge is 0.134 e. The summed E-state index contributed by atoms with van der Waals surface area (Å²) in [5.41, 5.74) is 3.62. The molecule has 6 heteroatoms. The number of aromatic nitrogens is 2. The lowest BCUT2D eigenvalue weighted by atomic mass is 10.1. The molecule has 26 heavy (non-hydrogen) atoms. The van der Waals surface area contributed by atoms with E-state index in [2.05, 4.69) is 16.1 Å². The number of hydrogen-bond donors (Lipinski definition) is 1. The third-order valence-electron chi connectivity index (χ3n) is 3.99. The number of hydrogen-bond acceptors (Lipinski definition) is 3. The van der Waals surface area contributed by atoms with Crippen molar-refractivity contribution in [1.82, 2.24) is 9.55 Å². The van der Waals surface area contributed by atoms with E-state index >= 15 is 0 Å². The molecular weight excluding hydrogens is 369 g/mol. The molecule has 0 unspecified atom stereocenters. The molecule has 0 saturated carbocycles. The third kappa shape index (κ3) is 3.69. The van der Waals surface area contributed by atoms with Gasteiger partial charge in [-0.3, -0.25) is 0 Å². The molecule has 0 radical (unpaired) electrons. The second-order valence-electron chi connectivity index (χ2n) is 5.65. The summed E-state index contributed by atoms with van der Waals surface area (Å²) in [5, 5.41) is 11.3. The molecule has 0 saturated heterocycles. The fraction of sp³-hybridized carbons (Fsp3) is 0.100. The molecule has 3 aromatic rings. The van der Waals surface area contributed by atoms with Crippen LogP contribution >= 0.6 is 22.9 Å². The van der Waals surface area contributed by atoms with E-state index in [0.717, 1.165) is 32.7 Å². The van der Waals surface area contributed by atoms with Crippen molar-refractivity contribution in [2.45, 2.75) is 13.5 Å². The molecule has 3 nitrogen and oxygen atoms in total. The number of thiazole rings is 1. The van der Waals surface area contributed by atoms with Gasteiger partial charge in [0.05, 0.1) is 17.3 Å². The molecule has 1 aromatic carbocycles. The van der Waals surface area contributed by atoms with Gasteiger partial charge in [0.25, 0.3) is 0 Å². The van der Waals surface area contributed by atoms with Crippen molar-refractivity contribution >= 4 is 45.6 Å². The average molecular weight is 386 g/mol. The molecule has 0 aliphatic carbocycles. The maximum Gasteiger partial charge on any atom is 0.134 e. The second-order valence-corrected chi connectivity index (χ2v) is 6.92. The molecule has 0 fully saturated rings. The summed E-state index contributed by atoms with van der Waals surface area (Å²) >= 11 is 7.34. The maximum atomic E-state index is 13.1. The molecule has 1 N–H and O–H groups in total. The minimum absolute atomic E-state index is 0.0228. The number of nitrogens with zero attached hydrogens (tertiary/aromatic N) is 2. The Morgan fingerprint density at radius 2 is 2.23 bits per heavy atom. The first-order valence-electron chi connectivity index (χ1n) is 7.95. The topological polar surface area (TPSA) is 41.7 Å². The first kappa shape index (κ1) is 18.3. The van der Waals surface area contributed by atoms with Gasteiger partial charge < -0.3 is 9.98 Å². The molecule has 0 atom stereocenters. The lowest BCUT2D eigenvalue weighted by Gasteiger charge is -2.04. The van der Waals surface area contributed by atoms with Crippen molar-refractivity contribution in [3.8, 4) is 0 Å². The first-order valence-corrected chi connectivity index (χ1v) is 9.20. The monoisotopic (exact) mass is 385 g/mol. The Morgan fingerprint density at radius 1 is 1.42 bits per heavy atom. The van der Waals surface area contributed by atoms with Crippen LogP contribution in [-0.2, 0) is 6.54 Å². The zero-order valence-electron chi connectivity index (χ0n) is 14.2. The molecule has 2 aromatic heterocycles. The molecule has 2 heterocycles. The van der Waals surface area contributed by atoms with Gasteiger partial charge in [-0.15, -0.1) is 11.3 Å². The summed E-state index contributed by atoms with van der Waals surface area (Å²) < 4.78 is 15.2. The molecule has 0 amide bonds. The summed E-state index contributed by atoms with van der Waals surface area (Å²) in [4.78, 5) is 4.65. The molecule has 0 aliphatic rings. The van der Waals surface area contributed by atoms with Crippen LogP contribution in [0.3, 0.4) is 0 Å². The highest BCUT2D eigenvalue weighted by Gasteiger charge is 2.10. The van der Waals surface area contributed by atoms with Crippen LogP contribution in [0.15, 0.2) is 65.4 Å². The SMILES string of the molecule is C=C(F)/C(Cl)=C\C(=C/C)c1nc(Cn2ccc3c(C=N)cccc32)cs1. The van der Waals surface area contributed by atoms with Crippen LogP contribution in [0.2, 0.25) is 0 Å². The Balaban J connectivity index is 1.88. The van der Waals surface area contributed by atoms with Crippen LogP contribution < -0.4 is 0 Å². The van der Waals surface area contributed by atoms with E-state index in [-0.39, 0.29) is 5.03 Å². The van der Waals surface area contributed by atoms with Crippen molar-refractivity contribution in [2.75, 3.05) is 0 Å². The lowest BCUT2D eigenvalue weighted by Crippen LogP contribution is -1.98. The minimum atomic E-state index is -0.663. The van der Waals surface area contributed by atoms with Gasteiger partial charge in [-0.25, -0.2) is 9.37 Å². The molecule has 3 rings (SSSR count). The van der Waals surface area contributed by atoms with E-state index in [0.29, 0.717) is 6.54 Å². The van der Waals surface area contributed by atoms with Gasteiger partial charge in [0.2, 0.25) is 0 Å². The molecular formula is C20H17ClFN3S. The van der Waals surface area contributed by atoms with Gasteiger partial charge in [-0.2, -0.15) is 0 Å². The number of allylic oxidation sites excluding steroid dienone is 5. The van der Waals surface area contributed by atoms with Crippen LogP contribution in [0.5, 0.6) is 0 Å². The van der Waals surface area contributed by atoms with Crippen molar-refractivity contribution in [3.63, 3.8) is 0 Å². The summed E-state index contributed by atoms with van der Waals surface area (Å²) in [5.74, 6) is -0.663. The van der Waals surface area contributed by atoms with E-state index in [1.54, 1.807) is 0 Å². The van der Waals surface area contributed by atoms with Crippen molar-refractivity contribution in [3.05, 3.63) is 81.7 Å². The van der Waals surface area contributed by atoms with E-state index in [4.69, 9.17) is 17.0 Å². The van der Waals surface area contributed by atoms with Crippen LogP contribution in [0.4, 0.5) is 4.39 Å². The van der Waals surface area contributed by atoms with Crippen molar-refractivity contribution in [1.29, 1.82) is 5.41 Å². The predicted octanol–water partition coefficient (Wildman–Crippen LogP) is 6.15. The lowest BCUT2D eigenvalue weighted by molar-refractivity contribution is 0.667. The van der Waals surface area contributed by atoms with Gasteiger partial charge in [0.15, 0.2) is 0 Å². The van der Waals surface area contributed by atoms with Crippen LogP contribution in [-0.4, -0.2) is 15.8 Å².